The molecule has 156 valence electrons. The minimum atomic E-state index is -0.550. The Bertz CT molecular complexity index is 962. The van der Waals surface area contributed by atoms with E-state index in [4.69, 9.17) is 16.3 Å². The van der Waals surface area contributed by atoms with Crippen LogP contribution in [0.1, 0.15) is 13.3 Å². The van der Waals surface area contributed by atoms with Crippen molar-refractivity contribution in [1.29, 1.82) is 0 Å². The second-order valence-corrected chi connectivity index (χ2v) is 8.03. The van der Waals surface area contributed by atoms with Gasteiger partial charge in [-0.25, -0.2) is 4.99 Å². The number of nitrogens with zero attached hydrogens (tertiary/aromatic N) is 2. The number of carbonyl (C=O) groups is 2. The van der Waals surface area contributed by atoms with Gasteiger partial charge in [0.15, 0.2) is 5.17 Å². The molecule has 0 saturated carbocycles. The summed E-state index contributed by atoms with van der Waals surface area (Å²) in [6.07, 6.45) is 1.67. The quantitative estimate of drug-likeness (QED) is 0.590. The van der Waals surface area contributed by atoms with Crippen LogP contribution in [0.3, 0.4) is 0 Å². The smallest absolute Gasteiger partial charge is 0.242 e. The number of ether oxygens (including phenoxy) is 1. The van der Waals surface area contributed by atoms with Crippen molar-refractivity contribution in [2.75, 3.05) is 18.5 Å². The first-order valence-electron chi connectivity index (χ1n) is 9.46. The minimum Gasteiger partial charge on any atom is -0.494 e. The summed E-state index contributed by atoms with van der Waals surface area (Å²) in [5, 5.41) is 3.36. The maximum atomic E-state index is 12.8. The molecular formula is C22H22ClN3O3S. The van der Waals surface area contributed by atoms with Crippen molar-refractivity contribution in [3.05, 3.63) is 66.2 Å². The number of aliphatic imine (C=N–C) groups is 1. The van der Waals surface area contributed by atoms with Crippen LogP contribution in [0.2, 0.25) is 5.02 Å². The molecule has 1 N–H and O–H groups in total. The lowest BCUT2D eigenvalue weighted by Gasteiger charge is -2.14. The lowest BCUT2D eigenvalue weighted by Crippen LogP contribution is -2.33. The van der Waals surface area contributed by atoms with Crippen LogP contribution in [0.25, 0.3) is 0 Å². The molecule has 30 heavy (non-hydrogen) atoms. The van der Waals surface area contributed by atoms with Crippen molar-refractivity contribution in [2.24, 2.45) is 4.99 Å². The molecule has 2 aromatic carbocycles. The normalized spacial score (nSPS) is 17.3. The van der Waals surface area contributed by atoms with Gasteiger partial charge in [0.2, 0.25) is 11.8 Å². The van der Waals surface area contributed by atoms with Crippen LogP contribution < -0.4 is 10.1 Å². The summed E-state index contributed by atoms with van der Waals surface area (Å²) < 4.78 is 5.39. The lowest BCUT2D eigenvalue weighted by molar-refractivity contribution is -0.127. The van der Waals surface area contributed by atoms with Crippen LogP contribution in [-0.4, -0.2) is 40.3 Å². The van der Waals surface area contributed by atoms with E-state index in [1.165, 1.54) is 16.7 Å². The van der Waals surface area contributed by atoms with Crippen molar-refractivity contribution in [2.45, 2.75) is 18.6 Å². The van der Waals surface area contributed by atoms with Crippen molar-refractivity contribution >= 4 is 51.7 Å². The molecule has 2 amide bonds. The molecule has 8 heteroatoms. The molecule has 0 bridgehead atoms. The van der Waals surface area contributed by atoms with Crippen LogP contribution in [0.5, 0.6) is 5.75 Å². The van der Waals surface area contributed by atoms with E-state index < -0.39 is 5.25 Å². The van der Waals surface area contributed by atoms with E-state index in [1.807, 2.05) is 13.0 Å². The molecule has 0 radical (unpaired) electrons. The Morgan fingerprint density at radius 3 is 2.77 bits per heavy atom. The summed E-state index contributed by atoms with van der Waals surface area (Å²) >= 11 is 7.29. The van der Waals surface area contributed by atoms with Gasteiger partial charge < -0.3 is 10.1 Å². The second-order valence-electron chi connectivity index (χ2n) is 6.43. The molecule has 2 aromatic rings. The Morgan fingerprint density at radius 2 is 2.10 bits per heavy atom. The maximum Gasteiger partial charge on any atom is 0.242 e. The number of amidine groups is 1. The summed E-state index contributed by atoms with van der Waals surface area (Å²) in [5.74, 6) is 0.328. The monoisotopic (exact) mass is 443 g/mol. The fraction of sp³-hybridized carbons (Fsp3) is 0.227. The third-order valence-electron chi connectivity index (χ3n) is 4.18. The molecule has 3 rings (SSSR count). The zero-order valence-corrected chi connectivity index (χ0v) is 18.1. The summed E-state index contributed by atoms with van der Waals surface area (Å²) in [6, 6.07) is 14.2. The third kappa shape index (κ3) is 5.64. The molecule has 6 nitrogen and oxygen atoms in total. The average molecular weight is 444 g/mol. The van der Waals surface area contributed by atoms with E-state index in [1.54, 1.807) is 48.5 Å². The van der Waals surface area contributed by atoms with E-state index in [-0.39, 0.29) is 18.2 Å². The molecule has 0 aromatic heterocycles. The van der Waals surface area contributed by atoms with Gasteiger partial charge in [0.05, 0.1) is 12.3 Å². The molecule has 1 saturated heterocycles. The highest BCUT2D eigenvalue weighted by Crippen LogP contribution is 2.32. The van der Waals surface area contributed by atoms with Crippen LogP contribution in [0, 0.1) is 0 Å². The molecule has 1 heterocycles. The summed E-state index contributed by atoms with van der Waals surface area (Å²) in [6.45, 7) is 6.51. The maximum absolute atomic E-state index is 12.8. The highest BCUT2D eigenvalue weighted by molar-refractivity contribution is 8.15. The first kappa shape index (κ1) is 21.9. The Labute approximate surface area is 185 Å². The predicted molar refractivity (Wildman–Crippen MR) is 123 cm³/mol. The number of rotatable bonds is 8. The Kier molecular flexibility index (Phi) is 7.54. The molecule has 0 spiro atoms. The number of halogens is 1. The van der Waals surface area contributed by atoms with E-state index in [2.05, 4.69) is 16.9 Å². The molecule has 0 aliphatic carbocycles. The molecule has 1 atom stereocenters. The highest BCUT2D eigenvalue weighted by atomic mass is 35.5. The zero-order valence-electron chi connectivity index (χ0n) is 16.5. The molecule has 1 aliphatic rings. The average Bonchev–Trinajstić information content (AvgIpc) is 2.99. The molecular weight excluding hydrogens is 422 g/mol. The number of hydrogen-bond acceptors (Lipinski definition) is 5. The van der Waals surface area contributed by atoms with Gasteiger partial charge in [-0.15, -0.1) is 6.58 Å². The van der Waals surface area contributed by atoms with Crippen LogP contribution in [0.15, 0.2) is 66.2 Å². The number of thioether (sulfide) groups is 1. The van der Waals surface area contributed by atoms with E-state index >= 15 is 0 Å². The van der Waals surface area contributed by atoms with Gasteiger partial charge in [-0.2, -0.15) is 0 Å². The first-order valence-corrected chi connectivity index (χ1v) is 10.7. The first-order chi connectivity index (χ1) is 14.5. The van der Waals surface area contributed by atoms with Gasteiger partial charge in [-0.3, -0.25) is 14.5 Å². The van der Waals surface area contributed by atoms with Gasteiger partial charge >= 0.3 is 0 Å². The van der Waals surface area contributed by atoms with Crippen molar-refractivity contribution in [1.82, 2.24) is 4.90 Å². The lowest BCUT2D eigenvalue weighted by atomic mass is 10.2. The largest absolute Gasteiger partial charge is 0.494 e. The summed E-state index contributed by atoms with van der Waals surface area (Å²) in [7, 11) is 0. The number of benzene rings is 2. The number of carbonyl (C=O) groups excluding carboxylic acids is 2. The SMILES string of the molecule is C=CCN1C(=O)[C@@H](CC(=O)Nc2ccc(OCC)cc2)SC1=Nc1cccc(Cl)c1. The Hall–Kier alpha value is -2.77. The Balaban J connectivity index is 1.68. The van der Waals surface area contributed by atoms with Crippen molar-refractivity contribution < 1.29 is 14.3 Å². The predicted octanol–water partition coefficient (Wildman–Crippen LogP) is 4.89. The topological polar surface area (TPSA) is 71.0 Å². The van der Waals surface area contributed by atoms with Gasteiger partial charge in [-0.1, -0.05) is 35.5 Å². The number of amides is 2. The third-order valence-corrected chi connectivity index (χ3v) is 5.59. The second kappa shape index (κ2) is 10.3. The van der Waals surface area contributed by atoms with Crippen LogP contribution in [0.4, 0.5) is 11.4 Å². The summed E-state index contributed by atoms with van der Waals surface area (Å²) in [4.78, 5) is 31.4. The van der Waals surface area contributed by atoms with E-state index in [9.17, 15) is 9.59 Å². The fourth-order valence-electron chi connectivity index (χ4n) is 2.86. The molecule has 1 aliphatic heterocycles. The fourth-order valence-corrected chi connectivity index (χ4v) is 4.21. The zero-order chi connectivity index (χ0) is 21.5. The number of anilines is 1. The number of nitrogens with one attached hydrogen (secondary N) is 1. The van der Waals surface area contributed by atoms with E-state index in [0.29, 0.717) is 34.7 Å². The van der Waals surface area contributed by atoms with Gasteiger partial charge in [0, 0.05) is 23.7 Å². The van der Waals surface area contributed by atoms with Crippen LogP contribution >= 0.6 is 23.4 Å². The standard InChI is InChI=1S/C22H22ClN3O3S/c1-3-12-26-21(28)19(30-22(26)25-17-7-5-6-15(23)13-17)14-20(27)24-16-8-10-18(11-9-16)29-4-2/h3,5-11,13,19H,1,4,12,14H2,2H3,(H,24,27)/t19-/m1/s1. The van der Waals surface area contributed by atoms with Gasteiger partial charge in [0.25, 0.3) is 0 Å². The van der Waals surface area contributed by atoms with E-state index in [0.717, 1.165) is 5.75 Å². The summed E-state index contributed by atoms with van der Waals surface area (Å²) in [5.41, 5.74) is 1.29. The number of hydrogen-bond donors (Lipinski definition) is 1. The van der Waals surface area contributed by atoms with Crippen LogP contribution in [-0.2, 0) is 9.59 Å². The van der Waals surface area contributed by atoms with Gasteiger partial charge in [-0.05, 0) is 49.4 Å². The van der Waals surface area contributed by atoms with Crippen molar-refractivity contribution in [3.63, 3.8) is 0 Å². The minimum absolute atomic E-state index is 0.0406. The Morgan fingerprint density at radius 1 is 1.33 bits per heavy atom. The highest BCUT2D eigenvalue weighted by Gasteiger charge is 2.38. The molecule has 0 unspecified atom stereocenters. The molecule has 1 fully saturated rings. The van der Waals surface area contributed by atoms with Crippen molar-refractivity contribution in [3.8, 4) is 5.75 Å². The van der Waals surface area contributed by atoms with Gasteiger partial charge in [0.1, 0.15) is 11.0 Å².